The van der Waals surface area contributed by atoms with Gasteiger partial charge in [-0.15, -0.1) is 10.2 Å². The Kier molecular flexibility index (Phi) is 4.70. The van der Waals surface area contributed by atoms with Gasteiger partial charge in [0, 0.05) is 19.5 Å². The molecule has 1 N–H and O–H groups in total. The highest BCUT2D eigenvalue weighted by molar-refractivity contribution is 5.08. The van der Waals surface area contributed by atoms with Crippen LogP contribution in [0.2, 0.25) is 0 Å². The van der Waals surface area contributed by atoms with Crippen LogP contribution in [0.5, 0.6) is 0 Å². The van der Waals surface area contributed by atoms with E-state index in [9.17, 15) is 8.78 Å². The first-order valence-electron chi connectivity index (χ1n) is 6.91. The summed E-state index contributed by atoms with van der Waals surface area (Å²) in [4.78, 5) is 0. The van der Waals surface area contributed by atoms with Crippen LogP contribution >= 0.6 is 0 Å². The molecule has 1 unspecified atom stereocenters. The van der Waals surface area contributed by atoms with Gasteiger partial charge in [-0.1, -0.05) is 20.8 Å². The average molecular weight is 288 g/mol. The largest absolute Gasteiger partial charge is 0.375 e. The van der Waals surface area contributed by atoms with Gasteiger partial charge in [0.05, 0.1) is 12.6 Å². The summed E-state index contributed by atoms with van der Waals surface area (Å²) in [5.74, 6) is 1.73. The minimum absolute atomic E-state index is 0.0502. The van der Waals surface area contributed by atoms with E-state index in [0.29, 0.717) is 6.42 Å². The minimum atomic E-state index is -2.42. The predicted octanol–water partition coefficient (Wildman–Crippen LogP) is 1.79. The zero-order valence-electron chi connectivity index (χ0n) is 12.2. The van der Waals surface area contributed by atoms with Gasteiger partial charge in [0.15, 0.2) is 5.82 Å². The fraction of sp³-hybridized carbons (Fsp3) is 0.846. The Bertz CT molecular complexity index is 442. The summed E-state index contributed by atoms with van der Waals surface area (Å²) in [6.07, 6.45) is -1.91. The highest BCUT2D eigenvalue weighted by Gasteiger charge is 2.33. The Labute approximate surface area is 117 Å². The zero-order chi connectivity index (χ0) is 14.8. The van der Waals surface area contributed by atoms with E-state index < -0.39 is 13.0 Å². The van der Waals surface area contributed by atoms with Crippen LogP contribution in [-0.4, -0.2) is 40.9 Å². The number of rotatable bonds is 5. The highest BCUT2D eigenvalue weighted by atomic mass is 19.3. The van der Waals surface area contributed by atoms with Crippen molar-refractivity contribution in [2.45, 2.75) is 46.2 Å². The molecule has 5 nitrogen and oxygen atoms in total. The van der Waals surface area contributed by atoms with Crippen molar-refractivity contribution in [2.75, 3.05) is 19.8 Å². The molecule has 2 heterocycles. The van der Waals surface area contributed by atoms with Gasteiger partial charge < -0.3 is 14.6 Å². The Morgan fingerprint density at radius 1 is 1.40 bits per heavy atom. The van der Waals surface area contributed by atoms with Crippen molar-refractivity contribution < 1.29 is 13.5 Å². The van der Waals surface area contributed by atoms with Crippen molar-refractivity contribution in [3.8, 4) is 0 Å². The number of aromatic nitrogens is 3. The first-order valence-corrected chi connectivity index (χ1v) is 6.91. The molecule has 0 aliphatic carbocycles. The van der Waals surface area contributed by atoms with Crippen LogP contribution < -0.4 is 5.32 Å². The first-order chi connectivity index (χ1) is 9.39. The lowest BCUT2D eigenvalue weighted by atomic mass is 9.85. The summed E-state index contributed by atoms with van der Waals surface area (Å²) in [5, 5.41) is 11.9. The minimum Gasteiger partial charge on any atom is -0.375 e. The molecule has 0 amide bonds. The lowest BCUT2D eigenvalue weighted by Crippen LogP contribution is -2.41. The van der Waals surface area contributed by atoms with E-state index in [2.05, 4.69) is 40.9 Å². The fourth-order valence-corrected chi connectivity index (χ4v) is 2.43. The summed E-state index contributed by atoms with van der Waals surface area (Å²) in [5.41, 5.74) is 0.0502. The molecule has 0 saturated heterocycles. The summed E-state index contributed by atoms with van der Waals surface area (Å²) >= 11 is 0. The predicted molar refractivity (Wildman–Crippen MR) is 70.7 cm³/mol. The molecule has 0 spiro atoms. The molecule has 0 radical (unpaired) electrons. The van der Waals surface area contributed by atoms with Crippen LogP contribution in [0.1, 0.15) is 38.5 Å². The van der Waals surface area contributed by atoms with E-state index in [0.717, 1.165) is 24.7 Å². The second kappa shape index (κ2) is 6.13. The number of fused-ring (bicyclic) bond motifs is 1. The molecule has 1 aromatic rings. The number of alkyl halides is 2. The van der Waals surface area contributed by atoms with Crippen molar-refractivity contribution in [1.82, 2.24) is 20.1 Å². The quantitative estimate of drug-likeness (QED) is 0.839. The van der Waals surface area contributed by atoms with Gasteiger partial charge in [-0.3, -0.25) is 0 Å². The normalized spacial score (nSPS) is 19.4. The average Bonchev–Trinajstić information content (AvgIpc) is 2.76. The second-order valence-electron chi connectivity index (χ2n) is 6.10. The maximum absolute atomic E-state index is 12.0. The molecule has 7 heteroatoms. The fourth-order valence-electron chi connectivity index (χ4n) is 2.43. The Morgan fingerprint density at radius 2 is 2.15 bits per heavy atom. The molecular formula is C13H22F2N4O. The molecule has 1 atom stereocenters. The standard InChI is InChI=1S/C13H22F2N4O/c1-13(2,3)11-12-18-17-10(19(12)6-5-16-11)4-7-20-8-9(14)15/h9,11,16H,4-8H2,1-3H3. The van der Waals surface area contributed by atoms with Crippen molar-refractivity contribution >= 4 is 0 Å². The molecule has 20 heavy (non-hydrogen) atoms. The summed E-state index contributed by atoms with van der Waals surface area (Å²) in [6, 6.07) is 0.152. The lowest BCUT2D eigenvalue weighted by Gasteiger charge is -2.34. The van der Waals surface area contributed by atoms with Crippen LogP contribution in [-0.2, 0) is 17.7 Å². The Morgan fingerprint density at radius 3 is 2.80 bits per heavy atom. The summed E-state index contributed by atoms with van der Waals surface area (Å²) in [7, 11) is 0. The van der Waals surface area contributed by atoms with Crippen molar-refractivity contribution in [3.63, 3.8) is 0 Å². The smallest absolute Gasteiger partial charge is 0.261 e. The number of hydrogen-bond donors (Lipinski definition) is 1. The summed E-state index contributed by atoms with van der Waals surface area (Å²) < 4.78 is 31.0. The maximum Gasteiger partial charge on any atom is 0.261 e. The van der Waals surface area contributed by atoms with Gasteiger partial charge in [0.1, 0.15) is 12.4 Å². The van der Waals surface area contributed by atoms with Gasteiger partial charge in [-0.05, 0) is 5.41 Å². The molecule has 1 aliphatic heterocycles. The molecule has 1 aromatic heterocycles. The van der Waals surface area contributed by atoms with Gasteiger partial charge in [0.2, 0.25) is 0 Å². The number of halogens is 2. The third kappa shape index (κ3) is 3.52. The van der Waals surface area contributed by atoms with Crippen molar-refractivity contribution in [3.05, 3.63) is 11.6 Å². The van der Waals surface area contributed by atoms with Gasteiger partial charge in [-0.2, -0.15) is 0 Å². The van der Waals surface area contributed by atoms with E-state index in [1.807, 2.05) is 0 Å². The highest BCUT2D eigenvalue weighted by Crippen LogP contribution is 2.33. The van der Waals surface area contributed by atoms with Crippen molar-refractivity contribution in [1.29, 1.82) is 0 Å². The van der Waals surface area contributed by atoms with E-state index in [1.165, 1.54) is 0 Å². The van der Waals surface area contributed by atoms with E-state index in [4.69, 9.17) is 4.74 Å². The van der Waals surface area contributed by atoms with E-state index >= 15 is 0 Å². The van der Waals surface area contributed by atoms with Gasteiger partial charge in [0.25, 0.3) is 6.43 Å². The number of ether oxygens (including phenoxy) is 1. The van der Waals surface area contributed by atoms with Crippen molar-refractivity contribution in [2.24, 2.45) is 5.41 Å². The van der Waals surface area contributed by atoms with Gasteiger partial charge >= 0.3 is 0 Å². The number of hydrogen-bond acceptors (Lipinski definition) is 4. The topological polar surface area (TPSA) is 52.0 Å². The lowest BCUT2D eigenvalue weighted by molar-refractivity contribution is 0.0180. The monoisotopic (exact) mass is 288 g/mol. The van der Waals surface area contributed by atoms with Crippen LogP contribution in [0.15, 0.2) is 0 Å². The maximum atomic E-state index is 12.0. The van der Waals surface area contributed by atoms with Crippen LogP contribution in [0.3, 0.4) is 0 Å². The molecule has 2 rings (SSSR count). The molecule has 0 aromatic carbocycles. The molecule has 0 bridgehead atoms. The Balaban J connectivity index is 2.02. The van der Waals surface area contributed by atoms with E-state index in [1.54, 1.807) is 0 Å². The third-order valence-electron chi connectivity index (χ3n) is 3.38. The summed E-state index contributed by atoms with van der Waals surface area (Å²) in [6.45, 7) is 7.85. The molecule has 0 fully saturated rings. The SMILES string of the molecule is CC(C)(C)C1NCCn2c(CCOCC(F)F)nnc21. The zero-order valence-corrected chi connectivity index (χ0v) is 12.2. The molecule has 0 saturated carbocycles. The Hall–Kier alpha value is -1.08. The van der Waals surface area contributed by atoms with Gasteiger partial charge in [-0.25, -0.2) is 8.78 Å². The number of nitrogens with zero attached hydrogens (tertiary/aromatic N) is 3. The van der Waals surface area contributed by atoms with E-state index in [-0.39, 0.29) is 18.1 Å². The van der Waals surface area contributed by atoms with Crippen LogP contribution in [0.4, 0.5) is 8.78 Å². The van der Waals surface area contributed by atoms with Crippen LogP contribution in [0, 0.1) is 5.41 Å². The molecular weight excluding hydrogens is 266 g/mol. The first kappa shape index (κ1) is 15.3. The number of nitrogens with one attached hydrogen (secondary N) is 1. The molecule has 114 valence electrons. The third-order valence-corrected chi connectivity index (χ3v) is 3.38. The van der Waals surface area contributed by atoms with Crippen LogP contribution in [0.25, 0.3) is 0 Å². The second-order valence-corrected chi connectivity index (χ2v) is 6.10. The molecule has 1 aliphatic rings.